The maximum Gasteiger partial charge on any atom is 0.237 e. The average molecular weight is 253 g/mol. The van der Waals surface area contributed by atoms with Gasteiger partial charge in [0.1, 0.15) is 5.76 Å². The molecular weight excluding hydrogens is 230 g/mol. The molecule has 0 radical (unpaired) electrons. The molecule has 1 unspecified atom stereocenters. The number of carbonyl (C=O) groups is 1. The van der Waals surface area contributed by atoms with Crippen molar-refractivity contribution in [3.05, 3.63) is 17.0 Å². The zero-order valence-corrected chi connectivity index (χ0v) is 12.0. The molecule has 0 saturated carbocycles. The van der Waals surface area contributed by atoms with E-state index in [1.807, 2.05) is 41.5 Å². The molecule has 2 atom stereocenters. The molecule has 3 N–H and O–H groups in total. The Morgan fingerprint density at radius 2 is 1.94 bits per heavy atom. The van der Waals surface area contributed by atoms with Gasteiger partial charge in [-0.25, -0.2) is 0 Å². The number of nitrogens with zero attached hydrogens (tertiary/aromatic N) is 1. The predicted molar refractivity (Wildman–Crippen MR) is 70.0 cm³/mol. The normalized spacial score (nSPS) is 15.3. The Morgan fingerprint density at radius 1 is 1.39 bits per heavy atom. The highest BCUT2D eigenvalue weighted by Crippen LogP contribution is 2.22. The molecule has 1 aromatic rings. The van der Waals surface area contributed by atoms with E-state index in [1.165, 1.54) is 0 Å². The number of aromatic nitrogens is 1. The summed E-state index contributed by atoms with van der Waals surface area (Å²) in [5.74, 6) is 0.569. The quantitative estimate of drug-likeness (QED) is 0.861. The summed E-state index contributed by atoms with van der Waals surface area (Å²) < 4.78 is 5.09. The van der Waals surface area contributed by atoms with Crippen molar-refractivity contribution in [3.8, 4) is 0 Å². The van der Waals surface area contributed by atoms with Gasteiger partial charge in [-0.3, -0.25) is 4.79 Å². The second-order valence-electron chi connectivity index (χ2n) is 5.81. The number of nitrogens with one attached hydrogen (secondary N) is 1. The minimum absolute atomic E-state index is 0.155. The van der Waals surface area contributed by atoms with Crippen LogP contribution in [-0.4, -0.2) is 17.1 Å². The van der Waals surface area contributed by atoms with Crippen LogP contribution in [0.2, 0.25) is 0 Å². The van der Waals surface area contributed by atoms with Gasteiger partial charge in [0.2, 0.25) is 5.91 Å². The maximum atomic E-state index is 12.0. The Morgan fingerprint density at radius 3 is 2.33 bits per heavy atom. The fourth-order valence-electron chi connectivity index (χ4n) is 1.88. The lowest BCUT2D eigenvalue weighted by Crippen LogP contribution is -2.49. The van der Waals surface area contributed by atoms with Crippen LogP contribution < -0.4 is 11.1 Å². The van der Waals surface area contributed by atoms with E-state index in [2.05, 4.69) is 10.5 Å². The molecule has 0 bridgehead atoms. The van der Waals surface area contributed by atoms with E-state index in [0.717, 1.165) is 17.0 Å². The molecule has 5 heteroatoms. The highest BCUT2D eigenvalue weighted by molar-refractivity contribution is 5.82. The summed E-state index contributed by atoms with van der Waals surface area (Å²) in [5.41, 5.74) is 7.38. The average Bonchev–Trinajstić information content (AvgIpc) is 2.55. The van der Waals surface area contributed by atoms with Gasteiger partial charge in [0.15, 0.2) is 0 Å². The van der Waals surface area contributed by atoms with Crippen molar-refractivity contribution in [3.63, 3.8) is 0 Å². The Balaban J connectivity index is 2.78. The van der Waals surface area contributed by atoms with Gasteiger partial charge in [-0.1, -0.05) is 25.9 Å². The van der Waals surface area contributed by atoms with Crippen LogP contribution in [0.25, 0.3) is 0 Å². The van der Waals surface area contributed by atoms with Crippen LogP contribution >= 0.6 is 0 Å². The van der Waals surface area contributed by atoms with Crippen molar-refractivity contribution in [2.45, 2.75) is 53.6 Å². The van der Waals surface area contributed by atoms with Crippen LogP contribution in [-0.2, 0) is 4.79 Å². The number of hydrogen-bond acceptors (Lipinski definition) is 4. The molecule has 0 spiro atoms. The Bertz CT molecular complexity index is 412. The maximum absolute atomic E-state index is 12.0. The zero-order valence-electron chi connectivity index (χ0n) is 12.0. The molecule has 1 rings (SSSR count). The summed E-state index contributed by atoms with van der Waals surface area (Å²) in [6, 6.07) is -0.697. The lowest BCUT2D eigenvalue weighted by atomic mass is 9.86. The van der Waals surface area contributed by atoms with Crippen molar-refractivity contribution in [2.24, 2.45) is 11.1 Å². The van der Waals surface area contributed by atoms with Gasteiger partial charge in [0, 0.05) is 5.56 Å². The van der Waals surface area contributed by atoms with Crippen LogP contribution in [0.4, 0.5) is 0 Å². The fraction of sp³-hybridized carbons (Fsp3) is 0.692. The van der Waals surface area contributed by atoms with Crippen molar-refractivity contribution in [1.82, 2.24) is 10.5 Å². The lowest BCUT2D eigenvalue weighted by molar-refractivity contribution is -0.125. The van der Waals surface area contributed by atoms with Gasteiger partial charge in [0.25, 0.3) is 0 Å². The molecule has 0 aliphatic heterocycles. The number of carbonyl (C=O) groups excluding carboxylic acids is 1. The minimum Gasteiger partial charge on any atom is -0.361 e. The van der Waals surface area contributed by atoms with Gasteiger partial charge in [-0.05, 0) is 26.2 Å². The predicted octanol–water partition coefficient (Wildman–Crippen LogP) is 1.84. The van der Waals surface area contributed by atoms with E-state index in [0.29, 0.717) is 0 Å². The number of nitrogens with two attached hydrogens (primary N) is 1. The Labute approximate surface area is 108 Å². The van der Waals surface area contributed by atoms with E-state index in [9.17, 15) is 4.79 Å². The molecule has 1 aromatic heterocycles. The molecule has 0 aliphatic carbocycles. The highest BCUT2D eigenvalue weighted by atomic mass is 16.5. The van der Waals surface area contributed by atoms with E-state index < -0.39 is 6.04 Å². The molecular formula is C13H23N3O2. The second-order valence-corrected chi connectivity index (χ2v) is 5.81. The van der Waals surface area contributed by atoms with Crippen molar-refractivity contribution < 1.29 is 9.32 Å². The third kappa shape index (κ3) is 3.10. The van der Waals surface area contributed by atoms with E-state index in [-0.39, 0.29) is 17.4 Å². The standard InChI is InChI=1S/C13H23N3O2/c1-7(10-8(2)16-18-9(10)3)15-12(17)11(14)13(4,5)6/h7,11H,14H2,1-6H3,(H,15,17)/t7?,11-/m0/s1. The first-order valence-corrected chi connectivity index (χ1v) is 6.13. The summed E-state index contributed by atoms with van der Waals surface area (Å²) in [7, 11) is 0. The first kappa shape index (κ1) is 14.7. The van der Waals surface area contributed by atoms with Crippen LogP contribution in [0.3, 0.4) is 0 Å². The summed E-state index contributed by atoms with van der Waals surface area (Å²) in [6.07, 6.45) is 0. The highest BCUT2D eigenvalue weighted by Gasteiger charge is 2.29. The molecule has 0 aliphatic rings. The van der Waals surface area contributed by atoms with Gasteiger partial charge < -0.3 is 15.6 Å². The summed E-state index contributed by atoms with van der Waals surface area (Å²) in [6.45, 7) is 11.4. The second kappa shape index (κ2) is 5.10. The summed E-state index contributed by atoms with van der Waals surface area (Å²) >= 11 is 0. The Kier molecular flexibility index (Phi) is 4.16. The number of aryl methyl sites for hydroxylation is 2. The SMILES string of the molecule is Cc1noc(C)c1C(C)NC(=O)[C@H](N)C(C)(C)C. The van der Waals surface area contributed by atoms with Crippen molar-refractivity contribution in [1.29, 1.82) is 0 Å². The smallest absolute Gasteiger partial charge is 0.237 e. The summed E-state index contributed by atoms with van der Waals surface area (Å²) in [4.78, 5) is 12.0. The third-order valence-electron chi connectivity index (χ3n) is 3.10. The Hall–Kier alpha value is -1.36. The molecule has 0 fully saturated rings. The van der Waals surface area contributed by atoms with Gasteiger partial charge >= 0.3 is 0 Å². The molecule has 0 saturated heterocycles. The topological polar surface area (TPSA) is 81.2 Å². The molecule has 0 aromatic carbocycles. The van der Waals surface area contributed by atoms with Gasteiger partial charge in [-0.2, -0.15) is 0 Å². The zero-order chi connectivity index (χ0) is 14.1. The van der Waals surface area contributed by atoms with Crippen molar-refractivity contribution >= 4 is 5.91 Å². The number of hydrogen-bond donors (Lipinski definition) is 2. The fourth-order valence-corrected chi connectivity index (χ4v) is 1.88. The van der Waals surface area contributed by atoms with E-state index in [4.69, 9.17) is 10.3 Å². The van der Waals surface area contributed by atoms with Crippen LogP contribution in [0, 0.1) is 19.3 Å². The molecule has 1 amide bonds. The van der Waals surface area contributed by atoms with Crippen LogP contribution in [0.1, 0.15) is 50.8 Å². The first-order valence-electron chi connectivity index (χ1n) is 6.13. The number of rotatable bonds is 3. The summed E-state index contributed by atoms with van der Waals surface area (Å²) in [5, 5.41) is 6.79. The van der Waals surface area contributed by atoms with Gasteiger partial charge in [-0.15, -0.1) is 0 Å². The van der Waals surface area contributed by atoms with Gasteiger partial charge in [0.05, 0.1) is 17.8 Å². The van der Waals surface area contributed by atoms with Crippen molar-refractivity contribution in [2.75, 3.05) is 0 Å². The molecule has 5 nitrogen and oxygen atoms in total. The first-order chi connectivity index (χ1) is 8.14. The van der Waals surface area contributed by atoms with Crippen LogP contribution in [0.15, 0.2) is 4.52 Å². The molecule has 102 valence electrons. The third-order valence-corrected chi connectivity index (χ3v) is 3.10. The van der Waals surface area contributed by atoms with E-state index in [1.54, 1.807) is 0 Å². The largest absolute Gasteiger partial charge is 0.361 e. The van der Waals surface area contributed by atoms with Crippen LogP contribution in [0.5, 0.6) is 0 Å². The lowest BCUT2D eigenvalue weighted by Gasteiger charge is -2.27. The minimum atomic E-state index is -0.541. The molecule has 1 heterocycles. The van der Waals surface area contributed by atoms with E-state index >= 15 is 0 Å². The number of amides is 1. The molecule has 18 heavy (non-hydrogen) atoms. The monoisotopic (exact) mass is 253 g/mol.